The summed E-state index contributed by atoms with van der Waals surface area (Å²) < 4.78 is 0. The third kappa shape index (κ3) is 3.48. The number of carbonyl (C=O) groups excluding carboxylic acids is 1. The number of nitrogens with zero attached hydrogens (tertiary/aromatic N) is 2. The molecule has 6 heteroatoms. The minimum absolute atomic E-state index is 0.0848. The van der Waals surface area contributed by atoms with Crippen LogP contribution in [0.1, 0.15) is 39.5 Å². The van der Waals surface area contributed by atoms with Crippen molar-refractivity contribution in [3.05, 3.63) is 0 Å². The minimum Gasteiger partial charge on any atom is -0.481 e. The first-order valence-corrected chi connectivity index (χ1v) is 7.91. The summed E-state index contributed by atoms with van der Waals surface area (Å²) >= 11 is 0. The summed E-state index contributed by atoms with van der Waals surface area (Å²) in [7, 11) is 2.07. The lowest BCUT2D eigenvalue weighted by Crippen LogP contribution is -2.45. The van der Waals surface area contributed by atoms with Crippen molar-refractivity contribution >= 4 is 12.0 Å². The molecule has 2 N–H and O–H groups in total. The maximum atomic E-state index is 12.3. The largest absolute Gasteiger partial charge is 0.481 e. The van der Waals surface area contributed by atoms with Crippen LogP contribution in [-0.2, 0) is 4.79 Å². The summed E-state index contributed by atoms with van der Waals surface area (Å²) in [5.41, 5.74) is 0. The Kier molecular flexibility index (Phi) is 5.08. The molecule has 0 aliphatic carbocycles. The molecule has 0 aromatic carbocycles. The monoisotopic (exact) mass is 297 g/mol. The number of amides is 2. The van der Waals surface area contributed by atoms with E-state index < -0.39 is 5.97 Å². The van der Waals surface area contributed by atoms with Crippen LogP contribution in [0.25, 0.3) is 0 Å². The third-order valence-corrected chi connectivity index (χ3v) is 4.93. The van der Waals surface area contributed by atoms with Crippen molar-refractivity contribution in [2.75, 3.05) is 20.1 Å². The van der Waals surface area contributed by atoms with Crippen molar-refractivity contribution in [1.82, 2.24) is 15.1 Å². The molecule has 6 nitrogen and oxygen atoms in total. The van der Waals surface area contributed by atoms with Crippen molar-refractivity contribution in [2.24, 2.45) is 5.92 Å². The molecule has 2 fully saturated rings. The minimum atomic E-state index is -0.765. The molecule has 0 aromatic rings. The van der Waals surface area contributed by atoms with Gasteiger partial charge in [-0.25, -0.2) is 4.79 Å². The van der Waals surface area contributed by atoms with Gasteiger partial charge in [0.05, 0.1) is 5.92 Å². The van der Waals surface area contributed by atoms with Crippen LogP contribution in [0.5, 0.6) is 0 Å². The van der Waals surface area contributed by atoms with Crippen LogP contribution in [0.3, 0.4) is 0 Å². The molecule has 2 rings (SSSR count). The highest BCUT2D eigenvalue weighted by atomic mass is 16.4. The lowest BCUT2D eigenvalue weighted by molar-refractivity contribution is -0.142. The lowest BCUT2D eigenvalue weighted by atomic mass is 9.89. The lowest BCUT2D eigenvalue weighted by Gasteiger charge is -2.24. The second-order valence-electron chi connectivity index (χ2n) is 6.55. The Labute approximate surface area is 126 Å². The fourth-order valence-electron chi connectivity index (χ4n) is 3.44. The molecule has 0 radical (unpaired) electrons. The van der Waals surface area contributed by atoms with E-state index in [-0.39, 0.29) is 24.0 Å². The molecule has 2 amide bonds. The zero-order chi connectivity index (χ0) is 15.6. The van der Waals surface area contributed by atoms with E-state index in [1.165, 1.54) is 0 Å². The van der Waals surface area contributed by atoms with E-state index in [1.54, 1.807) is 4.90 Å². The number of hydrogen-bond acceptors (Lipinski definition) is 3. The molecule has 3 atom stereocenters. The van der Waals surface area contributed by atoms with Crippen LogP contribution in [0.15, 0.2) is 0 Å². The van der Waals surface area contributed by atoms with Crippen LogP contribution in [0.2, 0.25) is 0 Å². The fraction of sp³-hybridized carbons (Fsp3) is 0.867. The van der Waals surface area contributed by atoms with Gasteiger partial charge in [-0.15, -0.1) is 0 Å². The number of rotatable bonds is 6. The number of fused-ring (bicyclic) bond motifs is 2. The van der Waals surface area contributed by atoms with E-state index in [2.05, 4.69) is 31.1 Å². The van der Waals surface area contributed by atoms with Crippen LogP contribution in [-0.4, -0.2) is 65.2 Å². The molecule has 21 heavy (non-hydrogen) atoms. The quantitative estimate of drug-likeness (QED) is 0.726. The van der Waals surface area contributed by atoms with Crippen LogP contribution < -0.4 is 5.32 Å². The van der Waals surface area contributed by atoms with Crippen molar-refractivity contribution in [2.45, 2.75) is 57.7 Å². The van der Waals surface area contributed by atoms with Gasteiger partial charge in [-0.3, -0.25) is 4.79 Å². The Morgan fingerprint density at radius 3 is 2.67 bits per heavy atom. The second-order valence-corrected chi connectivity index (χ2v) is 6.55. The van der Waals surface area contributed by atoms with Gasteiger partial charge in [0, 0.05) is 24.7 Å². The van der Waals surface area contributed by atoms with Gasteiger partial charge in [0.1, 0.15) is 0 Å². The van der Waals surface area contributed by atoms with E-state index >= 15 is 0 Å². The highest BCUT2D eigenvalue weighted by Gasteiger charge is 2.51. The molecule has 2 saturated heterocycles. The molecule has 2 aliphatic heterocycles. The summed E-state index contributed by atoms with van der Waals surface area (Å²) in [6, 6.07) is 0.435. The Morgan fingerprint density at radius 2 is 2.10 bits per heavy atom. The van der Waals surface area contributed by atoms with E-state index in [9.17, 15) is 14.7 Å². The number of urea groups is 1. The summed E-state index contributed by atoms with van der Waals surface area (Å²) in [4.78, 5) is 27.5. The van der Waals surface area contributed by atoms with Gasteiger partial charge in [0.25, 0.3) is 0 Å². The molecule has 0 saturated carbocycles. The maximum Gasteiger partial charge on any atom is 0.317 e. The highest BCUT2D eigenvalue weighted by Crippen LogP contribution is 2.41. The SMILES string of the molecule is CC(C)N(C)CCCNC(=O)N1C2CCC1C(C(=O)O)C2. The van der Waals surface area contributed by atoms with Gasteiger partial charge in [-0.2, -0.15) is 0 Å². The molecule has 0 spiro atoms. The summed E-state index contributed by atoms with van der Waals surface area (Å²) in [6.45, 7) is 5.88. The molecule has 2 bridgehead atoms. The molecule has 120 valence electrons. The molecule has 2 aliphatic rings. The van der Waals surface area contributed by atoms with Crippen LogP contribution in [0.4, 0.5) is 4.79 Å². The Balaban J connectivity index is 1.76. The average molecular weight is 297 g/mol. The average Bonchev–Trinajstić information content (AvgIpc) is 3.00. The van der Waals surface area contributed by atoms with Crippen molar-refractivity contribution in [3.8, 4) is 0 Å². The van der Waals surface area contributed by atoms with E-state index in [0.29, 0.717) is 19.0 Å². The maximum absolute atomic E-state index is 12.3. The van der Waals surface area contributed by atoms with E-state index in [0.717, 1.165) is 25.8 Å². The number of carboxylic acid groups (broad SMARTS) is 1. The number of nitrogens with one attached hydrogen (secondary N) is 1. The van der Waals surface area contributed by atoms with Gasteiger partial charge < -0.3 is 20.2 Å². The first-order valence-electron chi connectivity index (χ1n) is 7.91. The Hall–Kier alpha value is -1.30. The van der Waals surface area contributed by atoms with Crippen molar-refractivity contribution < 1.29 is 14.7 Å². The number of aliphatic carboxylic acids is 1. The number of carboxylic acids is 1. The normalized spacial score (nSPS) is 27.7. The van der Waals surface area contributed by atoms with Crippen molar-refractivity contribution in [1.29, 1.82) is 0 Å². The predicted molar refractivity (Wildman–Crippen MR) is 80.2 cm³/mol. The number of carbonyl (C=O) groups is 2. The predicted octanol–water partition coefficient (Wildman–Crippen LogP) is 1.36. The summed E-state index contributed by atoms with van der Waals surface area (Å²) in [5.74, 6) is -1.14. The smallest absolute Gasteiger partial charge is 0.317 e. The first-order chi connectivity index (χ1) is 9.91. The van der Waals surface area contributed by atoms with Gasteiger partial charge in [0.2, 0.25) is 0 Å². The first kappa shape index (κ1) is 16.1. The second kappa shape index (κ2) is 6.64. The van der Waals surface area contributed by atoms with Gasteiger partial charge in [0.15, 0.2) is 0 Å². The molecule has 2 heterocycles. The third-order valence-electron chi connectivity index (χ3n) is 4.93. The Morgan fingerprint density at radius 1 is 1.38 bits per heavy atom. The van der Waals surface area contributed by atoms with Gasteiger partial charge in [-0.05, 0) is 53.1 Å². The molecular weight excluding hydrogens is 270 g/mol. The van der Waals surface area contributed by atoms with Gasteiger partial charge >= 0.3 is 12.0 Å². The molecule has 3 unspecified atom stereocenters. The van der Waals surface area contributed by atoms with Crippen LogP contribution >= 0.6 is 0 Å². The zero-order valence-corrected chi connectivity index (χ0v) is 13.2. The standard InChI is InChI=1S/C15H27N3O3/c1-10(2)17(3)8-4-7-16-15(21)18-11-5-6-13(18)12(9-11)14(19)20/h10-13H,4-9H2,1-3H3,(H,16,21)(H,19,20). The summed E-state index contributed by atoms with van der Waals surface area (Å²) in [6.07, 6.45) is 3.29. The van der Waals surface area contributed by atoms with Crippen molar-refractivity contribution in [3.63, 3.8) is 0 Å². The van der Waals surface area contributed by atoms with E-state index in [4.69, 9.17) is 0 Å². The summed E-state index contributed by atoms with van der Waals surface area (Å²) in [5, 5.41) is 12.1. The fourth-order valence-corrected chi connectivity index (χ4v) is 3.44. The van der Waals surface area contributed by atoms with E-state index in [1.807, 2.05) is 0 Å². The highest BCUT2D eigenvalue weighted by molar-refractivity contribution is 5.79. The van der Waals surface area contributed by atoms with Crippen LogP contribution in [0, 0.1) is 5.92 Å². The number of hydrogen-bond donors (Lipinski definition) is 2. The Bertz CT molecular complexity index is 400. The zero-order valence-electron chi connectivity index (χ0n) is 13.2. The van der Waals surface area contributed by atoms with Gasteiger partial charge in [-0.1, -0.05) is 0 Å². The molecule has 0 aromatic heterocycles. The molecular formula is C15H27N3O3. The topological polar surface area (TPSA) is 72.9 Å².